The van der Waals surface area contributed by atoms with Crippen molar-refractivity contribution < 1.29 is 14.3 Å². The minimum absolute atomic E-state index is 0.0935. The van der Waals surface area contributed by atoms with Gasteiger partial charge in [0.1, 0.15) is 0 Å². The number of thioether (sulfide) groups is 1. The third-order valence-corrected chi connectivity index (χ3v) is 4.67. The molecule has 0 heterocycles. The molecule has 0 unspecified atom stereocenters. The quantitative estimate of drug-likeness (QED) is 0.548. The Hall–Kier alpha value is -2.79. The maximum absolute atomic E-state index is 12.1. The van der Waals surface area contributed by atoms with Crippen molar-refractivity contribution in [2.45, 2.75) is 4.90 Å². The first-order chi connectivity index (χ1) is 12.2. The van der Waals surface area contributed by atoms with E-state index in [9.17, 15) is 9.59 Å². The molecule has 0 fully saturated rings. The highest BCUT2D eigenvalue weighted by Crippen LogP contribution is 2.23. The van der Waals surface area contributed by atoms with Crippen LogP contribution in [-0.2, 0) is 9.53 Å². The van der Waals surface area contributed by atoms with E-state index in [4.69, 9.17) is 0 Å². The van der Waals surface area contributed by atoms with Crippen molar-refractivity contribution in [3.63, 3.8) is 0 Å². The van der Waals surface area contributed by atoms with Gasteiger partial charge in [-0.3, -0.25) is 4.79 Å². The zero-order chi connectivity index (χ0) is 17.6. The van der Waals surface area contributed by atoms with Gasteiger partial charge in [0.05, 0.1) is 18.4 Å². The Morgan fingerprint density at radius 1 is 0.960 bits per heavy atom. The van der Waals surface area contributed by atoms with Crippen molar-refractivity contribution in [1.82, 2.24) is 0 Å². The average molecular weight is 351 g/mol. The highest BCUT2D eigenvalue weighted by molar-refractivity contribution is 8.00. The smallest absolute Gasteiger partial charge is 0.337 e. The summed E-state index contributed by atoms with van der Waals surface area (Å²) in [6, 6.07) is 20.9. The van der Waals surface area contributed by atoms with Crippen LogP contribution >= 0.6 is 11.8 Å². The van der Waals surface area contributed by atoms with Crippen LogP contribution in [0.2, 0.25) is 0 Å². The van der Waals surface area contributed by atoms with Gasteiger partial charge in [0.2, 0.25) is 5.91 Å². The molecule has 0 saturated carbocycles. The summed E-state index contributed by atoms with van der Waals surface area (Å²) in [7, 11) is 1.34. The largest absolute Gasteiger partial charge is 0.465 e. The van der Waals surface area contributed by atoms with Crippen LogP contribution < -0.4 is 5.32 Å². The van der Waals surface area contributed by atoms with E-state index in [1.54, 1.807) is 24.3 Å². The van der Waals surface area contributed by atoms with Gasteiger partial charge < -0.3 is 10.1 Å². The summed E-state index contributed by atoms with van der Waals surface area (Å²) < 4.78 is 4.65. The molecule has 1 amide bonds. The van der Waals surface area contributed by atoms with Gasteiger partial charge >= 0.3 is 5.97 Å². The van der Waals surface area contributed by atoms with E-state index in [-0.39, 0.29) is 5.91 Å². The number of esters is 1. The zero-order valence-corrected chi connectivity index (χ0v) is 14.5. The fourth-order valence-electron chi connectivity index (χ4n) is 2.41. The van der Waals surface area contributed by atoms with Gasteiger partial charge in [-0.05, 0) is 47.2 Å². The van der Waals surface area contributed by atoms with Gasteiger partial charge in [0.15, 0.2) is 0 Å². The number of hydrogen-bond acceptors (Lipinski definition) is 4. The lowest BCUT2D eigenvalue weighted by molar-refractivity contribution is -0.113. The molecule has 25 heavy (non-hydrogen) atoms. The summed E-state index contributed by atoms with van der Waals surface area (Å²) in [6.45, 7) is 0. The normalized spacial score (nSPS) is 10.4. The first kappa shape index (κ1) is 17.0. The number of rotatable bonds is 5. The second-order valence-electron chi connectivity index (χ2n) is 5.41. The summed E-state index contributed by atoms with van der Waals surface area (Å²) in [4.78, 5) is 24.5. The van der Waals surface area contributed by atoms with Crippen molar-refractivity contribution in [2.75, 3.05) is 18.2 Å². The Kier molecular flexibility index (Phi) is 5.36. The Bertz CT molecular complexity index is 906. The van der Waals surface area contributed by atoms with E-state index in [0.717, 1.165) is 10.3 Å². The van der Waals surface area contributed by atoms with Crippen molar-refractivity contribution in [2.24, 2.45) is 0 Å². The number of benzene rings is 3. The number of nitrogens with one attached hydrogen (secondary N) is 1. The van der Waals surface area contributed by atoms with Gasteiger partial charge in [-0.15, -0.1) is 11.8 Å². The number of fused-ring (bicyclic) bond motifs is 1. The Balaban J connectivity index is 1.57. The standard InChI is InChI=1S/C20H17NO3S/c1-24-20(23)15-6-9-17(10-7-15)21-19(22)13-25-18-11-8-14-4-2-3-5-16(14)12-18/h2-12H,13H2,1H3,(H,21,22). The van der Waals surface area contributed by atoms with Gasteiger partial charge in [0.25, 0.3) is 0 Å². The lowest BCUT2D eigenvalue weighted by Crippen LogP contribution is -2.14. The van der Waals surface area contributed by atoms with E-state index >= 15 is 0 Å². The highest BCUT2D eigenvalue weighted by atomic mass is 32.2. The van der Waals surface area contributed by atoms with E-state index < -0.39 is 5.97 Å². The van der Waals surface area contributed by atoms with E-state index in [2.05, 4.69) is 34.3 Å². The van der Waals surface area contributed by atoms with Gasteiger partial charge in [-0.2, -0.15) is 0 Å². The summed E-state index contributed by atoms with van der Waals surface area (Å²) >= 11 is 1.49. The lowest BCUT2D eigenvalue weighted by atomic mass is 10.1. The minimum Gasteiger partial charge on any atom is -0.465 e. The van der Waals surface area contributed by atoms with Gasteiger partial charge in [-0.25, -0.2) is 4.79 Å². The third kappa shape index (κ3) is 4.39. The van der Waals surface area contributed by atoms with Gasteiger partial charge in [0, 0.05) is 10.6 Å². The van der Waals surface area contributed by atoms with E-state index in [0.29, 0.717) is 17.0 Å². The molecule has 1 N–H and O–H groups in total. The molecule has 0 bridgehead atoms. The predicted octanol–water partition coefficient (Wildman–Crippen LogP) is 4.36. The number of hydrogen-bond donors (Lipinski definition) is 1. The molecule has 0 radical (unpaired) electrons. The highest BCUT2D eigenvalue weighted by Gasteiger charge is 2.07. The number of carbonyl (C=O) groups is 2. The predicted molar refractivity (Wildman–Crippen MR) is 101 cm³/mol. The molecular formula is C20H17NO3S. The van der Waals surface area contributed by atoms with E-state index in [1.807, 2.05) is 18.2 Å². The van der Waals surface area contributed by atoms with Crippen LogP contribution in [0.15, 0.2) is 71.6 Å². The van der Waals surface area contributed by atoms with Crippen LogP contribution in [0.1, 0.15) is 10.4 Å². The SMILES string of the molecule is COC(=O)c1ccc(NC(=O)CSc2ccc3ccccc3c2)cc1. The molecule has 4 nitrogen and oxygen atoms in total. The molecular weight excluding hydrogens is 334 g/mol. The average Bonchev–Trinajstić information content (AvgIpc) is 2.66. The van der Waals surface area contributed by atoms with Crippen molar-refractivity contribution in [1.29, 1.82) is 0 Å². The second kappa shape index (κ2) is 7.85. The maximum atomic E-state index is 12.1. The second-order valence-corrected chi connectivity index (χ2v) is 6.46. The Morgan fingerprint density at radius 3 is 2.40 bits per heavy atom. The van der Waals surface area contributed by atoms with Crippen LogP contribution in [-0.4, -0.2) is 24.7 Å². The number of anilines is 1. The van der Waals surface area contributed by atoms with Crippen molar-refractivity contribution in [3.8, 4) is 0 Å². The topological polar surface area (TPSA) is 55.4 Å². The zero-order valence-electron chi connectivity index (χ0n) is 13.7. The Morgan fingerprint density at radius 2 is 1.68 bits per heavy atom. The number of amides is 1. The molecule has 3 rings (SSSR count). The molecule has 0 atom stereocenters. The first-order valence-electron chi connectivity index (χ1n) is 7.75. The fraction of sp³-hybridized carbons (Fsp3) is 0.100. The molecule has 3 aromatic rings. The lowest BCUT2D eigenvalue weighted by Gasteiger charge is -2.07. The number of ether oxygens (including phenoxy) is 1. The fourth-order valence-corrected chi connectivity index (χ4v) is 3.16. The summed E-state index contributed by atoms with van der Waals surface area (Å²) in [5.41, 5.74) is 1.10. The molecule has 0 aliphatic carbocycles. The van der Waals surface area contributed by atoms with Gasteiger partial charge in [-0.1, -0.05) is 30.3 Å². The van der Waals surface area contributed by atoms with E-state index in [1.165, 1.54) is 24.3 Å². The third-order valence-electron chi connectivity index (χ3n) is 3.68. The summed E-state index contributed by atoms with van der Waals surface area (Å²) in [6.07, 6.45) is 0. The first-order valence-corrected chi connectivity index (χ1v) is 8.74. The molecule has 0 aliphatic rings. The van der Waals surface area contributed by atoms with Crippen LogP contribution in [0, 0.1) is 0 Å². The molecule has 3 aromatic carbocycles. The van der Waals surface area contributed by atoms with Crippen LogP contribution in [0.3, 0.4) is 0 Å². The minimum atomic E-state index is -0.398. The molecule has 0 spiro atoms. The maximum Gasteiger partial charge on any atom is 0.337 e. The number of carbonyl (C=O) groups excluding carboxylic acids is 2. The molecule has 126 valence electrons. The van der Waals surface area contributed by atoms with Crippen LogP contribution in [0.5, 0.6) is 0 Å². The van der Waals surface area contributed by atoms with Crippen LogP contribution in [0.4, 0.5) is 5.69 Å². The summed E-state index contributed by atoms with van der Waals surface area (Å²) in [5.74, 6) is -0.175. The Labute approximate surface area is 150 Å². The van der Waals surface area contributed by atoms with Crippen LogP contribution in [0.25, 0.3) is 10.8 Å². The van der Waals surface area contributed by atoms with Crippen molar-refractivity contribution >= 4 is 40.1 Å². The molecule has 0 saturated heterocycles. The number of methoxy groups -OCH3 is 1. The molecule has 0 aromatic heterocycles. The summed E-state index contributed by atoms with van der Waals surface area (Å²) in [5, 5.41) is 5.16. The molecule has 0 aliphatic heterocycles. The monoisotopic (exact) mass is 351 g/mol. The molecule has 5 heteroatoms. The van der Waals surface area contributed by atoms with Crippen molar-refractivity contribution in [3.05, 3.63) is 72.3 Å².